The lowest BCUT2D eigenvalue weighted by molar-refractivity contribution is -0.227. The molecule has 4 N–H and O–H groups in total. The molecule has 0 aromatic heterocycles. The Labute approximate surface area is 147 Å². The zero-order chi connectivity index (χ0) is 17.3. The Bertz CT molecular complexity index is 621. The van der Waals surface area contributed by atoms with Gasteiger partial charge in [-0.3, -0.25) is 4.79 Å². The first-order valence-corrected chi connectivity index (χ1v) is 8.55. The monoisotopic (exact) mass is 353 g/mol. The van der Waals surface area contributed by atoms with Crippen molar-refractivity contribution in [1.82, 2.24) is 5.32 Å². The van der Waals surface area contributed by atoms with Crippen molar-refractivity contribution < 1.29 is 14.3 Å². The molecule has 3 rings (SSSR count). The summed E-state index contributed by atoms with van der Waals surface area (Å²) in [5.74, 6) is -0.677. The third-order valence-electron chi connectivity index (χ3n) is 5.11. The van der Waals surface area contributed by atoms with Gasteiger partial charge in [0.1, 0.15) is 6.04 Å². The number of halogens is 1. The Kier molecular flexibility index (Phi) is 5.01. The second-order valence-corrected chi connectivity index (χ2v) is 6.98. The molecule has 0 radical (unpaired) electrons. The zero-order valence-corrected chi connectivity index (χ0v) is 14.7. The number of fused-ring (bicyclic) bond motifs is 1. The summed E-state index contributed by atoms with van der Waals surface area (Å²) in [5, 5.41) is 7.00. The van der Waals surface area contributed by atoms with Crippen LogP contribution in [0, 0.1) is 0 Å². The van der Waals surface area contributed by atoms with Crippen LogP contribution in [-0.4, -0.2) is 44.0 Å². The molecule has 1 aliphatic carbocycles. The van der Waals surface area contributed by atoms with Gasteiger partial charge in [0.25, 0.3) is 0 Å². The summed E-state index contributed by atoms with van der Waals surface area (Å²) < 4.78 is 10.9. The Morgan fingerprint density at radius 1 is 1.42 bits per heavy atom. The summed E-state index contributed by atoms with van der Waals surface area (Å²) in [4.78, 5) is 12.6. The topological polar surface area (TPSA) is 85.6 Å². The molecule has 24 heavy (non-hydrogen) atoms. The molecular weight excluding hydrogens is 330 g/mol. The van der Waals surface area contributed by atoms with Crippen molar-refractivity contribution in [2.45, 2.75) is 49.6 Å². The number of nitrogens with two attached hydrogens (primary N) is 1. The number of rotatable bonds is 4. The highest BCUT2D eigenvalue weighted by Crippen LogP contribution is 2.32. The lowest BCUT2D eigenvalue weighted by atomic mass is 9.86. The number of nitrogens with one attached hydrogen (secondary N) is 2. The molecule has 6 nitrogen and oxygen atoms in total. The fourth-order valence-electron chi connectivity index (χ4n) is 3.60. The van der Waals surface area contributed by atoms with Crippen molar-refractivity contribution in [2.75, 3.05) is 19.5 Å². The van der Waals surface area contributed by atoms with E-state index in [1.165, 1.54) is 0 Å². The third kappa shape index (κ3) is 3.37. The van der Waals surface area contributed by atoms with Crippen LogP contribution < -0.4 is 16.4 Å². The van der Waals surface area contributed by atoms with Gasteiger partial charge >= 0.3 is 0 Å². The van der Waals surface area contributed by atoms with Gasteiger partial charge in [0, 0.05) is 56.3 Å². The van der Waals surface area contributed by atoms with E-state index in [9.17, 15) is 4.79 Å². The van der Waals surface area contributed by atoms with Gasteiger partial charge < -0.3 is 25.8 Å². The van der Waals surface area contributed by atoms with Gasteiger partial charge in [-0.25, -0.2) is 0 Å². The smallest absolute Gasteiger partial charge is 0.243 e. The molecule has 7 heteroatoms. The van der Waals surface area contributed by atoms with E-state index in [1.807, 2.05) is 18.2 Å². The number of ether oxygens (including phenoxy) is 2. The number of benzene rings is 1. The average Bonchev–Trinajstić information content (AvgIpc) is 3.00. The summed E-state index contributed by atoms with van der Waals surface area (Å²) >= 11 is 6.01. The molecule has 1 amide bonds. The Balaban J connectivity index is 1.59. The predicted molar refractivity (Wildman–Crippen MR) is 93.1 cm³/mol. The number of carbonyl (C=O) groups excluding carboxylic acids is 1. The van der Waals surface area contributed by atoms with E-state index in [1.54, 1.807) is 14.2 Å². The number of hydrogen-bond acceptors (Lipinski definition) is 5. The van der Waals surface area contributed by atoms with E-state index < -0.39 is 5.79 Å². The molecule has 1 aliphatic heterocycles. The second kappa shape index (κ2) is 6.88. The highest BCUT2D eigenvalue weighted by molar-refractivity contribution is 6.30. The number of amides is 1. The first kappa shape index (κ1) is 17.5. The second-order valence-electron chi connectivity index (χ2n) is 6.54. The molecule has 1 fully saturated rings. The van der Waals surface area contributed by atoms with Crippen molar-refractivity contribution >= 4 is 23.2 Å². The van der Waals surface area contributed by atoms with Gasteiger partial charge in [-0.05, 0) is 30.2 Å². The predicted octanol–water partition coefficient (Wildman–Crippen LogP) is 1.66. The van der Waals surface area contributed by atoms with E-state index >= 15 is 0 Å². The fourth-order valence-corrected chi connectivity index (χ4v) is 3.79. The summed E-state index contributed by atoms with van der Waals surface area (Å²) in [6.07, 6.45) is 2.61. The minimum atomic E-state index is -0.640. The first-order chi connectivity index (χ1) is 11.5. The van der Waals surface area contributed by atoms with E-state index in [0.29, 0.717) is 24.3 Å². The Hall–Kier alpha value is -1.34. The average molecular weight is 354 g/mol. The van der Waals surface area contributed by atoms with Gasteiger partial charge in [0.2, 0.25) is 5.91 Å². The molecule has 2 aliphatic rings. The van der Waals surface area contributed by atoms with Gasteiger partial charge in [-0.15, -0.1) is 0 Å². The Morgan fingerprint density at radius 2 is 2.17 bits per heavy atom. The summed E-state index contributed by atoms with van der Waals surface area (Å²) in [6, 6.07) is 5.05. The quantitative estimate of drug-likeness (QED) is 0.717. The normalized spacial score (nSPS) is 28.1. The highest BCUT2D eigenvalue weighted by atomic mass is 35.5. The van der Waals surface area contributed by atoms with Crippen LogP contribution in [-0.2, 0) is 20.7 Å². The molecule has 0 spiro atoms. The summed E-state index contributed by atoms with van der Waals surface area (Å²) in [6.45, 7) is 0. The van der Waals surface area contributed by atoms with Crippen molar-refractivity contribution in [1.29, 1.82) is 0 Å². The van der Waals surface area contributed by atoms with Gasteiger partial charge in [0.05, 0.1) is 0 Å². The maximum Gasteiger partial charge on any atom is 0.243 e. The Morgan fingerprint density at radius 3 is 2.83 bits per heavy atom. The molecule has 1 unspecified atom stereocenters. The summed E-state index contributed by atoms with van der Waals surface area (Å²) in [5.41, 5.74) is 8.27. The van der Waals surface area contributed by atoms with Crippen molar-refractivity contribution in [3.8, 4) is 0 Å². The number of hydrogen-bond donors (Lipinski definition) is 3. The molecule has 132 valence electrons. The van der Waals surface area contributed by atoms with Gasteiger partial charge in [-0.2, -0.15) is 0 Å². The molecular formula is C17H24ClN3O3. The highest BCUT2D eigenvalue weighted by Gasteiger charge is 2.41. The van der Waals surface area contributed by atoms with Crippen LogP contribution in [0.2, 0.25) is 5.02 Å². The molecule has 1 saturated carbocycles. The first-order valence-electron chi connectivity index (χ1n) is 8.17. The molecule has 3 atom stereocenters. The van der Waals surface area contributed by atoms with Crippen LogP contribution in [0.15, 0.2) is 18.2 Å². The lowest BCUT2D eigenvalue weighted by Gasteiger charge is -2.41. The van der Waals surface area contributed by atoms with Crippen LogP contribution in [0.3, 0.4) is 0 Å². The SMILES string of the molecule is COC1(OC)CC[C@H](NC(=O)C2Cc3cc(Cl)ccc3N2)[C@H](N)C1. The van der Waals surface area contributed by atoms with Crippen LogP contribution in [0.5, 0.6) is 0 Å². The minimum absolute atomic E-state index is 0.0369. The molecule has 0 bridgehead atoms. The number of anilines is 1. The van der Waals surface area contributed by atoms with Crippen LogP contribution in [0.25, 0.3) is 0 Å². The lowest BCUT2D eigenvalue weighted by Crippen LogP contribution is -2.58. The van der Waals surface area contributed by atoms with Gasteiger partial charge in [-0.1, -0.05) is 11.6 Å². The van der Waals surface area contributed by atoms with E-state index in [2.05, 4.69) is 10.6 Å². The summed E-state index contributed by atoms with van der Waals surface area (Å²) in [7, 11) is 3.25. The maximum atomic E-state index is 12.6. The van der Waals surface area contributed by atoms with Gasteiger partial charge in [0.15, 0.2) is 5.79 Å². The van der Waals surface area contributed by atoms with Crippen molar-refractivity contribution in [3.63, 3.8) is 0 Å². The van der Waals surface area contributed by atoms with Crippen LogP contribution in [0.1, 0.15) is 24.8 Å². The van der Waals surface area contributed by atoms with E-state index in [4.69, 9.17) is 26.8 Å². The van der Waals surface area contributed by atoms with Crippen molar-refractivity contribution in [3.05, 3.63) is 28.8 Å². The third-order valence-corrected chi connectivity index (χ3v) is 5.34. The van der Waals surface area contributed by atoms with Crippen LogP contribution in [0.4, 0.5) is 5.69 Å². The van der Waals surface area contributed by atoms with E-state index in [-0.39, 0.29) is 24.0 Å². The standard InChI is InChI=1S/C17H24ClN3O3/c1-23-17(24-2)6-5-14(12(19)9-17)21-16(22)15-8-10-7-11(18)3-4-13(10)20-15/h3-4,7,12,14-15,20H,5-6,8-9,19H2,1-2H3,(H,21,22)/t12-,14+,15?/m1/s1. The molecule has 1 aromatic rings. The zero-order valence-electron chi connectivity index (χ0n) is 14.0. The minimum Gasteiger partial charge on any atom is -0.373 e. The molecule has 1 heterocycles. The number of carbonyl (C=O) groups is 1. The maximum absolute atomic E-state index is 12.6. The molecule has 1 aromatic carbocycles. The fraction of sp³-hybridized carbons (Fsp3) is 0.588. The molecule has 0 saturated heterocycles. The van der Waals surface area contributed by atoms with E-state index in [0.717, 1.165) is 17.7 Å². The van der Waals surface area contributed by atoms with Crippen molar-refractivity contribution in [2.24, 2.45) is 5.73 Å². The number of methoxy groups -OCH3 is 2. The largest absolute Gasteiger partial charge is 0.373 e. The van der Waals surface area contributed by atoms with Crippen LogP contribution >= 0.6 is 11.6 Å².